The molecular weight excluding hydrogens is 246 g/mol. The predicted molar refractivity (Wildman–Crippen MR) is 83.4 cm³/mol. The lowest BCUT2D eigenvalue weighted by molar-refractivity contribution is 0.0851. The monoisotopic (exact) mass is 277 g/mol. The van der Waals surface area contributed by atoms with Crippen LogP contribution < -0.4 is 5.32 Å². The third kappa shape index (κ3) is 3.96. The number of nitrogens with zero attached hydrogens (tertiary/aromatic N) is 2. The first kappa shape index (κ1) is 15.8. The van der Waals surface area contributed by atoms with E-state index in [4.69, 9.17) is 0 Å². The molecule has 2 saturated carbocycles. The van der Waals surface area contributed by atoms with Gasteiger partial charge in [-0.25, -0.2) is 0 Å². The van der Waals surface area contributed by atoms with Crippen LogP contribution in [-0.2, 0) is 0 Å². The molecule has 2 aliphatic rings. The Balaban J connectivity index is 2.04. The molecule has 2 unspecified atom stereocenters. The molecule has 20 heavy (non-hydrogen) atoms. The average Bonchev–Trinajstić information content (AvgIpc) is 3.19. The Bertz CT molecular complexity index is 354. The van der Waals surface area contributed by atoms with Crippen LogP contribution in [0.1, 0.15) is 66.2 Å². The van der Waals surface area contributed by atoms with Crippen LogP contribution in [0.5, 0.6) is 0 Å². The minimum absolute atomic E-state index is 0.298. The van der Waals surface area contributed by atoms with Crippen molar-refractivity contribution < 1.29 is 0 Å². The first-order chi connectivity index (χ1) is 9.46. The van der Waals surface area contributed by atoms with E-state index in [2.05, 4.69) is 44.0 Å². The smallest absolute Gasteiger partial charge is 0.108 e. The summed E-state index contributed by atoms with van der Waals surface area (Å²) in [5.74, 6) is 0.925. The fourth-order valence-corrected chi connectivity index (χ4v) is 3.73. The second-order valence-corrected chi connectivity index (χ2v) is 7.48. The lowest BCUT2D eigenvalue weighted by Gasteiger charge is -2.44. The van der Waals surface area contributed by atoms with Crippen LogP contribution in [0.25, 0.3) is 0 Å². The van der Waals surface area contributed by atoms with Crippen molar-refractivity contribution in [2.45, 2.75) is 89.9 Å². The summed E-state index contributed by atoms with van der Waals surface area (Å²) in [5.41, 5.74) is -0.298. The van der Waals surface area contributed by atoms with Gasteiger partial charge in [0.05, 0.1) is 6.07 Å². The lowest BCUT2D eigenvalue weighted by atomic mass is 9.78. The molecule has 0 spiro atoms. The highest BCUT2D eigenvalue weighted by Crippen LogP contribution is 2.36. The van der Waals surface area contributed by atoms with E-state index >= 15 is 0 Å². The molecule has 0 bridgehead atoms. The second-order valence-electron chi connectivity index (χ2n) is 7.48. The average molecular weight is 277 g/mol. The van der Waals surface area contributed by atoms with Crippen molar-refractivity contribution in [3.8, 4) is 6.07 Å². The summed E-state index contributed by atoms with van der Waals surface area (Å²) in [7, 11) is 0. The summed E-state index contributed by atoms with van der Waals surface area (Å²) in [6, 6.07) is 4.15. The Kier molecular flexibility index (Phi) is 5.09. The number of rotatable bonds is 6. The zero-order valence-corrected chi connectivity index (χ0v) is 13.7. The molecule has 2 aliphatic carbocycles. The zero-order chi connectivity index (χ0) is 14.8. The van der Waals surface area contributed by atoms with Gasteiger partial charge in [-0.15, -0.1) is 0 Å². The second kappa shape index (κ2) is 6.45. The standard InChI is InChI=1S/C17H31N3/c1-13(2)19-17(12-18)9-5-6-16(10-17)20(14(3)4)11-15-7-8-15/h13-16,19H,5-11H2,1-4H3. The fourth-order valence-electron chi connectivity index (χ4n) is 3.73. The molecule has 0 aliphatic heterocycles. The largest absolute Gasteiger partial charge is 0.298 e. The SMILES string of the molecule is CC(C)NC1(C#N)CCCC(N(CC2CC2)C(C)C)C1. The number of nitrogens with one attached hydrogen (secondary N) is 1. The van der Waals surface area contributed by atoms with Gasteiger partial charge in [-0.05, 0) is 72.1 Å². The maximum absolute atomic E-state index is 9.69. The molecule has 3 nitrogen and oxygen atoms in total. The summed E-state index contributed by atoms with van der Waals surface area (Å²) >= 11 is 0. The highest BCUT2D eigenvalue weighted by molar-refractivity contribution is 5.12. The van der Waals surface area contributed by atoms with Gasteiger partial charge in [0.2, 0.25) is 0 Å². The zero-order valence-electron chi connectivity index (χ0n) is 13.7. The minimum Gasteiger partial charge on any atom is -0.298 e. The van der Waals surface area contributed by atoms with Crippen molar-refractivity contribution in [2.24, 2.45) is 5.92 Å². The van der Waals surface area contributed by atoms with Crippen LogP contribution in [0.15, 0.2) is 0 Å². The van der Waals surface area contributed by atoms with Crippen LogP contribution in [0.4, 0.5) is 0 Å². The highest BCUT2D eigenvalue weighted by atomic mass is 15.2. The van der Waals surface area contributed by atoms with E-state index in [0.717, 1.165) is 18.8 Å². The fraction of sp³-hybridized carbons (Fsp3) is 0.941. The molecule has 0 heterocycles. The molecule has 1 N–H and O–H groups in total. The molecule has 0 aromatic rings. The van der Waals surface area contributed by atoms with Gasteiger partial charge < -0.3 is 0 Å². The molecule has 3 heteroatoms. The van der Waals surface area contributed by atoms with Crippen molar-refractivity contribution in [1.29, 1.82) is 5.26 Å². The molecule has 0 aromatic heterocycles. The molecule has 114 valence electrons. The van der Waals surface area contributed by atoms with E-state index in [1.54, 1.807) is 0 Å². The van der Waals surface area contributed by atoms with Gasteiger partial charge in [0.1, 0.15) is 5.54 Å². The van der Waals surface area contributed by atoms with Crippen LogP contribution >= 0.6 is 0 Å². The summed E-state index contributed by atoms with van der Waals surface area (Å²) in [6.45, 7) is 10.1. The third-order valence-corrected chi connectivity index (χ3v) is 4.80. The van der Waals surface area contributed by atoms with Gasteiger partial charge in [-0.2, -0.15) is 5.26 Å². The van der Waals surface area contributed by atoms with Gasteiger partial charge in [0.15, 0.2) is 0 Å². The van der Waals surface area contributed by atoms with E-state index in [1.165, 1.54) is 32.2 Å². The number of hydrogen-bond acceptors (Lipinski definition) is 3. The highest BCUT2D eigenvalue weighted by Gasteiger charge is 2.40. The van der Waals surface area contributed by atoms with E-state index < -0.39 is 0 Å². The maximum atomic E-state index is 9.69. The molecule has 0 amide bonds. The van der Waals surface area contributed by atoms with Gasteiger partial charge in [-0.1, -0.05) is 0 Å². The van der Waals surface area contributed by atoms with E-state index in [9.17, 15) is 5.26 Å². The van der Waals surface area contributed by atoms with Crippen LogP contribution in [0.2, 0.25) is 0 Å². The molecule has 0 aromatic carbocycles. The van der Waals surface area contributed by atoms with Gasteiger partial charge in [0.25, 0.3) is 0 Å². The molecule has 0 radical (unpaired) electrons. The molecule has 2 rings (SSSR count). The van der Waals surface area contributed by atoms with E-state index in [-0.39, 0.29) is 5.54 Å². The Hall–Kier alpha value is -0.590. The van der Waals surface area contributed by atoms with E-state index in [1.807, 2.05) is 0 Å². The number of nitriles is 1. The Labute approximate surface area is 124 Å². The normalized spacial score (nSPS) is 31.0. The van der Waals surface area contributed by atoms with E-state index in [0.29, 0.717) is 18.1 Å². The molecule has 2 atom stereocenters. The molecular formula is C17H31N3. The minimum atomic E-state index is -0.298. The van der Waals surface area contributed by atoms with Crippen LogP contribution in [-0.4, -0.2) is 35.1 Å². The molecule has 2 fully saturated rings. The summed E-state index contributed by atoms with van der Waals surface area (Å²) in [4.78, 5) is 2.67. The van der Waals surface area contributed by atoms with Crippen molar-refractivity contribution in [3.63, 3.8) is 0 Å². The Morgan fingerprint density at radius 3 is 2.45 bits per heavy atom. The molecule has 0 saturated heterocycles. The maximum Gasteiger partial charge on any atom is 0.108 e. The van der Waals surface area contributed by atoms with Gasteiger partial charge in [0, 0.05) is 24.7 Å². The Morgan fingerprint density at radius 1 is 1.25 bits per heavy atom. The number of hydrogen-bond donors (Lipinski definition) is 1. The third-order valence-electron chi connectivity index (χ3n) is 4.80. The summed E-state index contributed by atoms with van der Waals surface area (Å²) in [5, 5.41) is 13.2. The topological polar surface area (TPSA) is 39.1 Å². The summed E-state index contributed by atoms with van der Waals surface area (Å²) < 4.78 is 0. The van der Waals surface area contributed by atoms with Crippen molar-refractivity contribution >= 4 is 0 Å². The Morgan fingerprint density at radius 2 is 1.95 bits per heavy atom. The van der Waals surface area contributed by atoms with Gasteiger partial charge in [-0.3, -0.25) is 10.2 Å². The first-order valence-corrected chi connectivity index (χ1v) is 8.40. The lowest BCUT2D eigenvalue weighted by Crippen LogP contribution is -2.56. The summed E-state index contributed by atoms with van der Waals surface area (Å²) in [6.07, 6.45) is 7.24. The quantitative estimate of drug-likeness (QED) is 0.809. The van der Waals surface area contributed by atoms with Crippen LogP contribution in [0, 0.1) is 17.2 Å². The van der Waals surface area contributed by atoms with Crippen LogP contribution in [0.3, 0.4) is 0 Å². The van der Waals surface area contributed by atoms with Crippen molar-refractivity contribution in [3.05, 3.63) is 0 Å². The predicted octanol–water partition coefficient (Wildman–Crippen LogP) is 3.31. The van der Waals surface area contributed by atoms with Crippen molar-refractivity contribution in [2.75, 3.05) is 6.54 Å². The first-order valence-electron chi connectivity index (χ1n) is 8.40. The van der Waals surface area contributed by atoms with Gasteiger partial charge >= 0.3 is 0 Å². The van der Waals surface area contributed by atoms with Crippen molar-refractivity contribution in [1.82, 2.24) is 10.2 Å².